The number of hydrogen-bond acceptors (Lipinski definition) is 3. The Kier molecular flexibility index (Phi) is 6.48. The molecule has 0 spiro atoms. The van der Waals surface area contributed by atoms with Crippen molar-refractivity contribution in [2.75, 3.05) is 26.3 Å². The van der Waals surface area contributed by atoms with Crippen molar-refractivity contribution in [3.63, 3.8) is 0 Å². The van der Waals surface area contributed by atoms with Crippen molar-refractivity contribution in [3.05, 3.63) is 24.3 Å². The predicted octanol–water partition coefficient (Wildman–Crippen LogP) is 2.71. The van der Waals surface area contributed by atoms with E-state index in [9.17, 15) is 0 Å². The van der Waals surface area contributed by atoms with E-state index in [-0.39, 0.29) is 0 Å². The van der Waals surface area contributed by atoms with Gasteiger partial charge in [0.05, 0.1) is 6.61 Å². The van der Waals surface area contributed by atoms with Gasteiger partial charge in [-0.3, -0.25) is 0 Å². The van der Waals surface area contributed by atoms with Crippen LogP contribution in [0.2, 0.25) is 0 Å². The zero-order valence-corrected chi connectivity index (χ0v) is 11.0. The number of rotatable bonds is 8. The molecule has 1 rings (SSSR count). The Morgan fingerprint density at radius 2 is 1.65 bits per heavy atom. The first-order valence-corrected chi connectivity index (χ1v) is 6.28. The summed E-state index contributed by atoms with van der Waals surface area (Å²) in [7, 11) is 0. The van der Waals surface area contributed by atoms with Gasteiger partial charge in [-0.25, -0.2) is 0 Å². The van der Waals surface area contributed by atoms with Gasteiger partial charge in [0, 0.05) is 6.54 Å². The summed E-state index contributed by atoms with van der Waals surface area (Å²) in [4.78, 5) is 0. The third-order valence-corrected chi connectivity index (χ3v) is 2.23. The lowest BCUT2D eigenvalue weighted by molar-refractivity contribution is 0.308. The maximum absolute atomic E-state index is 5.60. The topological polar surface area (TPSA) is 30.5 Å². The van der Waals surface area contributed by atoms with E-state index in [1.54, 1.807) is 0 Å². The van der Waals surface area contributed by atoms with Crippen LogP contribution < -0.4 is 14.8 Å². The smallest absolute Gasteiger partial charge is 0.119 e. The summed E-state index contributed by atoms with van der Waals surface area (Å²) < 4.78 is 11.0. The molecular weight excluding hydrogens is 214 g/mol. The maximum atomic E-state index is 5.60. The van der Waals surface area contributed by atoms with Gasteiger partial charge >= 0.3 is 0 Å². The highest BCUT2D eigenvalue weighted by Crippen LogP contribution is 2.17. The molecule has 0 bridgehead atoms. The van der Waals surface area contributed by atoms with Crippen LogP contribution in [0.3, 0.4) is 0 Å². The molecule has 0 saturated carbocycles. The summed E-state index contributed by atoms with van der Waals surface area (Å²) in [6, 6.07) is 7.74. The van der Waals surface area contributed by atoms with Gasteiger partial charge in [0.2, 0.25) is 0 Å². The second-order valence-electron chi connectivity index (χ2n) is 4.35. The third-order valence-electron chi connectivity index (χ3n) is 2.23. The molecule has 1 aromatic carbocycles. The molecule has 0 amide bonds. The molecule has 17 heavy (non-hydrogen) atoms. The molecule has 0 saturated heterocycles. The number of benzene rings is 1. The average Bonchev–Trinajstić information content (AvgIpc) is 2.31. The number of nitrogens with one attached hydrogen (secondary N) is 1. The van der Waals surface area contributed by atoms with E-state index in [1.807, 2.05) is 31.2 Å². The van der Waals surface area contributed by atoms with Crippen LogP contribution in [0.4, 0.5) is 0 Å². The summed E-state index contributed by atoms with van der Waals surface area (Å²) in [5.74, 6) is 2.46. The lowest BCUT2D eigenvalue weighted by Gasteiger charge is -2.09. The lowest BCUT2D eigenvalue weighted by Crippen LogP contribution is -2.24. The van der Waals surface area contributed by atoms with E-state index in [1.165, 1.54) is 0 Å². The zero-order chi connectivity index (χ0) is 12.5. The van der Waals surface area contributed by atoms with Crippen LogP contribution in [0.25, 0.3) is 0 Å². The van der Waals surface area contributed by atoms with E-state index in [2.05, 4.69) is 19.2 Å². The molecule has 0 radical (unpaired) electrons. The zero-order valence-electron chi connectivity index (χ0n) is 11.0. The minimum absolute atomic E-state index is 0.681. The largest absolute Gasteiger partial charge is 0.494 e. The Balaban J connectivity index is 2.18. The molecule has 0 aliphatic heterocycles. The molecule has 0 unspecified atom stereocenters. The molecule has 1 N–H and O–H groups in total. The van der Waals surface area contributed by atoms with Gasteiger partial charge in [0.25, 0.3) is 0 Å². The highest BCUT2D eigenvalue weighted by molar-refractivity contribution is 5.31. The first-order chi connectivity index (χ1) is 8.22. The monoisotopic (exact) mass is 237 g/mol. The first kappa shape index (κ1) is 13.8. The van der Waals surface area contributed by atoms with E-state index < -0.39 is 0 Å². The van der Waals surface area contributed by atoms with Crippen molar-refractivity contribution in [1.82, 2.24) is 5.32 Å². The second kappa shape index (κ2) is 7.96. The average molecular weight is 237 g/mol. The normalized spacial score (nSPS) is 10.6. The highest BCUT2D eigenvalue weighted by Gasteiger charge is 1.96. The van der Waals surface area contributed by atoms with Gasteiger partial charge < -0.3 is 14.8 Å². The lowest BCUT2D eigenvalue weighted by atomic mass is 10.2. The maximum Gasteiger partial charge on any atom is 0.119 e. The molecule has 0 atom stereocenters. The Hall–Kier alpha value is -1.22. The van der Waals surface area contributed by atoms with Gasteiger partial charge in [0.1, 0.15) is 18.1 Å². The quantitative estimate of drug-likeness (QED) is 0.705. The summed E-state index contributed by atoms with van der Waals surface area (Å²) in [5.41, 5.74) is 0. The molecular formula is C14H23NO2. The molecule has 3 heteroatoms. The van der Waals surface area contributed by atoms with Crippen molar-refractivity contribution in [3.8, 4) is 11.5 Å². The van der Waals surface area contributed by atoms with E-state index in [0.717, 1.165) is 24.6 Å². The fraction of sp³-hybridized carbons (Fsp3) is 0.571. The van der Waals surface area contributed by atoms with Crippen molar-refractivity contribution in [1.29, 1.82) is 0 Å². The molecule has 0 aromatic heterocycles. The van der Waals surface area contributed by atoms with Crippen LogP contribution in [-0.2, 0) is 0 Å². The predicted molar refractivity (Wildman–Crippen MR) is 70.8 cm³/mol. The van der Waals surface area contributed by atoms with E-state index >= 15 is 0 Å². The van der Waals surface area contributed by atoms with Crippen molar-refractivity contribution in [2.24, 2.45) is 5.92 Å². The second-order valence-corrected chi connectivity index (χ2v) is 4.35. The fourth-order valence-electron chi connectivity index (χ4n) is 1.43. The summed E-state index contributed by atoms with van der Waals surface area (Å²) in [5, 5.41) is 3.34. The Morgan fingerprint density at radius 3 is 2.18 bits per heavy atom. The van der Waals surface area contributed by atoms with Gasteiger partial charge in [-0.2, -0.15) is 0 Å². The first-order valence-electron chi connectivity index (χ1n) is 6.28. The standard InChI is InChI=1S/C14H23NO2/c1-4-16-13-5-7-14(8-6-13)17-10-9-15-11-12(2)3/h5-8,12,15H,4,9-11H2,1-3H3. The Morgan fingerprint density at radius 1 is 1.06 bits per heavy atom. The van der Waals surface area contributed by atoms with E-state index in [4.69, 9.17) is 9.47 Å². The molecule has 3 nitrogen and oxygen atoms in total. The van der Waals surface area contributed by atoms with Crippen LogP contribution in [0.15, 0.2) is 24.3 Å². The molecule has 1 aromatic rings. The summed E-state index contributed by atoms with van der Waals surface area (Å²) in [6.45, 7) is 9.67. The van der Waals surface area contributed by atoms with Gasteiger partial charge in [0.15, 0.2) is 0 Å². The Labute approximate surface area is 104 Å². The van der Waals surface area contributed by atoms with Crippen LogP contribution in [0, 0.1) is 5.92 Å². The van der Waals surface area contributed by atoms with Crippen molar-refractivity contribution < 1.29 is 9.47 Å². The van der Waals surface area contributed by atoms with Gasteiger partial charge in [-0.05, 0) is 43.7 Å². The van der Waals surface area contributed by atoms with Crippen LogP contribution in [0.5, 0.6) is 11.5 Å². The number of ether oxygens (including phenoxy) is 2. The highest BCUT2D eigenvalue weighted by atomic mass is 16.5. The molecule has 0 heterocycles. The van der Waals surface area contributed by atoms with Crippen LogP contribution in [-0.4, -0.2) is 26.3 Å². The molecule has 0 aliphatic rings. The fourth-order valence-corrected chi connectivity index (χ4v) is 1.43. The molecule has 0 fully saturated rings. The molecule has 0 aliphatic carbocycles. The Bertz CT molecular complexity index is 296. The van der Waals surface area contributed by atoms with Crippen LogP contribution >= 0.6 is 0 Å². The third kappa shape index (κ3) is 6.17. The van der Waals surface area contributed by atoms with Gasteiger partial charge in [-0.15, -0.1) is 0 Å². The summed E-state index contributed by atoms with van der Waals surface area (Å²) in [6.07, 6.45) is 0. The SMILES string of the molecule is CCOc1ccc(OCCNCC(C)C)cc1. The van der Waals surface area contributed by atoms with Crippen molar-refractivity contribution >= 4 is 0 Å². The van der Waals surface area contributed by atoms with E-state index in [0.29, 0.717) is 19.1 Å². The summed E-state index contributed by atoms with van der Waals surface area (Å²) >= 11 is 0. The van der Waals surface area contributed by atoms with Crippen LogP contribution in [0.1, 0.15) is 20.8 Å². The minimum Gasteiger partial charge on any atom is -0.494 e. The number of hydrogen-bond donors (Lipinski definition) is 1. The minimum atomic E-state index is 0.681. The van der Waals surface area contributed by atoms with Crippen molar-refractivity contribution in [2.45, 2.75) is 20.8 Å². The van der Waals surface area contributed by atoms with Gasteiger partial charge in [-0.1, -0.05) is 13.8 Å². The molecule has 96 valence electrons.